The van der Waals surface area contributed by atoms with Gasteiger partial charge in [0.15, 0.2) is 0 Å². The molecule has 10 heteroatoms. The number of aromatic hydroxyl groups is 2. The molecule has 0 aliphatic carbocycles. The van der Waals surface area contributed by atoms with Crippen molar-refractivity contribution in [3.63, 3.8) is 0 Å². The molecule has 3 aromatic carbocycles. The zero-order valence-electron chi connectivity index (χ0n) is 22.9. The number of aryl methyl sites for hydroxylation is 1. The Balaban J connectivity index is 1.43. The van der Waals surface area contributed by atoms with Crippen molar-refractivity contribution >= 4 is 21.6 Å². The number of carbonyl (C=O) groups excluding carboxylic acids is 1. The van der Waals surface area contributed by atoms with E-state index in [0.29, 0.717) is 37.6 Å². The average molecular weight is 573 g/mol. The van der Waals surface area contributed by atoms with Crippen LogP contribution in [0.3, 0.4) is 0 Å². The number of phenols is 2. The lowest BCUT2D eigenvalue weighted by molar-refractivity contribution is 0.0982. The number of anilines is 1. The van der Waals surface area contributed by atoms with E-state index >= 15 is 0 Å². The summed E-state index contributed by atoms with van der Waals surface area (Å²) in [5, 5.41) is 20.0. The quantitative estimate of drug-likeness (QED) is 0.340. The van der Waals surface area contributed by atoms with Gasteiger partial charge in [0.2, 0.25) is 10.0 Å². The summed E-state index contributed by atoms with van der Waals surface area (Å²) >= 11 is 0. The number of hydrogen-bond donors (Lipinski definition) is 2. The molecule has 0 radical (unpaired) electrons. The van der Waals surface area contributed by atoms with E-state index in [9.17, 15) is 23.4 Å². The number of piperazine rings is 1. The van der Waals surface area contributed by atoms with Crippen molar-refractivity contribution in [1.29, 1.82) is 0 Å². The average Bonchev–Trinajstić information content (AvgIpc) is 2.96. The maximum Gasteiger partial charge on any atom is 0.262 e. The Labute approximate surface area is 240 Å². The second-order valence-electron chi connectivity index (χ2n) is 10.2. The van der Waals surface area contributed by atoms with Crippen molar-refractivity contribution in [2.24, 2.45) is 0 Å². The summed E-state index contributed by atoms with van der Waals surface area (Å²) in [6.07, 6.45) is 1.41. The van der Waals surface area contributed by atoms with Crippen LogP contribution in [0.25, 0.3) is 11.3 Å². The molecule has 0 bridgehead atoms. The topological polar surface area (TPSA) is 114 Å². The molecule has 1 saturated heterocycles. The number of amides is 1. The maximum atomic E-state index is 13.6. The predicted octanol–water partition coefficient (Wildman–Crippen LogP) is 4.25. The minimum Gasteiger partial charge on any atom is -0.508 e. The van der Waals surface area contributed by atoms with Crippen LogP contribution in [0, 0.1) is 6.92 Å². The highest BCUT2D eigenvalue weighted by atomic mass is 32.2. The molecule has 5 rings (SSSR count). The van der Waals surface area contributed by atoms with Crippen LogP contribution in [0.4, 0.5) is 5.69 Å². The molecule has 4 aromatic rings. The Hall–Kier alpha value is -4.25. The normalized spacial score (nSPS) is 14.6. The molecule has 1 aliphatic heterocycles. The minimum absolute atomic E-state index is 0.0671. The van der Waals surface area contributed by atoms with Gasteiger partial charge in [-0.1, -0.05) is 42.5 Å². The predicted molar refractivity (Wildman–Crippen MR) is 157 cm³/mol. The first-order valence-corrected chi connectivity index (χ1v) is 14.7. The van der Waals surface area contributed by atoms with Gasteiger partial charge in [0.25, 0.3) is 5.91 Å². The number of pyridine rings is 1. The third-order valence-corrected chi connectivity index (χ3v) is 9.11. The Morgan fingerprint density at radius 3 is 2.24 bits per heavy atom. The monoisotopic (exact) mass is 572 g/mol. The van der Waals surface area contributed by atoms with Gasteiger partial charge >= 0.3 is 0 Å². The number of aromatic nitrogens is 1. The summed E-state index contributed by atoms with van der Waals surface area (Å²) in [7, 11) is -1.66. The lowest BCUT2D eigenvalue weighted by Gasteiger charge is -2.31. The largest absolute Gasteiger partial charge is 0.508 e. The highest BCUT2D eigenvalue weighted by Gasteiger charge is 2.28. The number of sulfonamides is 1. The van der Waals surface area contributed by atoms with Gasteiger partial charge in [-0.25, -0.2) is 8.42 Å². The molecule has 9 nitrogen and oxygen atoms in total. The zero-order valence-corrected chi connectivity index (χ0v) is 23.8. The summed E-state index contributed by atoms with van der Waals surface area (Å²) in [6.45, 7) is 4.36. The summed E-state index contributed by atoms with van der Waals surface area (Å²) in [5.41, 5.74) is 3.71. The van der Waals surface area contributed by atoms with Crippen molar-refractivity contribution in [1.82, 2.24) is 14.2 Å². The van der Waals surface area contributed by atoms with Gasteiger partial charge in [-0.05, 0) is 55.4 Å². The van der Waals surface area contributed by atoms with E-state index in [-0.39, 0.29) is 28.5 Å². The molecule has 0 saturated carbocycles. The van der Waals surface area contributed by atoms with Gasteiger partial charge in [0.1, 0.15) is 16.4 Å². The Kier molecular flexibility index (Phi) is 8.07. The van der Waals surface area contributed by atoms with Gasteiger partial charge in [0, 0.05) is 49.7 Å². The third kappa shape index (κ3) is 6.09. The molecule has 2 heterocycles. The maximum absolute atomic E-state index is 13.6. The van der Waals surface area contributed by atoms with E-state index in [1.165, 1.54) is 22.6 Å². The van der Waals surface area contributed by atoms with Crippen molar-refractivity contribution in [2.45, 2.75) is 18.4 Å². The molecule has 0 unspecified atom stereocenters. The molecular weight excluding hydrogens is 540 g/mol. The Morgan fingerprint density at radius 1 is 0.927 bits per heavy atom. The van der Waals surface area contributed by atoms with Crippen molar-refractivity contribution in [3.05, 3.63) is 102 Å². The molecule has 1 amide bonds. The highest BCUT2D eigenvalue weighted by molar-refractivity contribution is 7.89. The molecule has 212 valence electrons. The minimum atomic E-state index is -3.63. The van der Waals surface area contributed by atoms with Gasteiger partial charge in [-0.3, -0.25) is 9.78 Å². The van der Waals surface area contributed by atoms with Crippen LogP contribution < -0.4 is 4.90 Å². The van der Waals surface area contributed by atoms with Crippen LogP contribution >= 0.6 is 0 Å². The second-order valence-corrected chi connectivity index (χ2v) is 12.1. The first kappa shape index (κ1) is 28.3. The van der Waals surface area contributed by atoms with E-state index in [1.54, 1.807) is 23.1 Å². The highest BCUT2D eigenvalue weighted by Crippen LogP contribution is 2.30. The van der Waals surface area contributed by atoms with E-state index in [0.717, 1.165) is 22.8 Å². The molecule has 0 spiro atoms. The van der Waals surface area contributed by atoms with Gasteiger partial charge in [-0.2, -0.15) is 4.31 Å². The van der Waals surface area contributed by atoms with Crippen LogP contribution in [0.5, 0.6) is 11.5 Å². The fourth-order valence-electron chi connectivity index (χ4n) is 4.86. The zero-order chi connectivity index (χ0) is 29.1. The Bertz CT molecular complexity index is 1650. The van der Waals surface area contributed by atoms with Crippen molar-refractivity contribution in [3.8, 4) is 22.8 Å². The number of hydrogen-bond acceptors (Lipinski definition) is 7. The lowest BCUT2D eigenvalue weighted by atomic mass is 10.1. The molecule has 41 heavy (non-hydrogen) atoms. The summed E-state index contributed by atoms with van der Waals surface area (Å²) in [6, 6.07) is 22.3. The van der Waals surface area contributed by atoms with Crippen molar-refractivity contribution < 1.29 is 23.4 Å². The van der Waals surface area contributed by atoms with Crippen LogP contribution in [-0.4, -0.2) is 72.0 Å². The van der Waals surface area contributed by atoms with Gasteiger partial charge in [0.05, 0.1) is 17.8 Å². The third-order valence-electron chi connectivity index (χ3n) is 7.25. The molecule has 0 atom stereocenters. The summed E-state index contributed by atoms with van der Waals surface area (Å²) in [4.78, 5) is 21.9. The van der Waals surface area contributed by atoms with E-state index in [2.05, 4.69) is 9.88 Å². The van der Waals surface area contributed by atoms with Gasteiger partial charge in [-0.15, -0.1) is 0 Å². The SMILES string of the molecule is Cc1cc(S(=O)(=O)N2CCN(C)CC2)cnc1-c1ccc(N(Cc2ccccc2)C(=O)c2ccc(O)cc2O)cc1. The molecule has 1 fully saturated rings. The van der Waals surface area contributed by atoms with Crippen LogP contribution in [0.1, 0.15) is 21.5 Å². The fraction of sp³-hybridized carbons (Fsp3) is 0.226. The summed E-state index contributed by atoms with van der Waals surface area (Å²) in [5.74, 6) is -0.869. The van der Waals surface area contributed by atoms with Crippen LogP contribution in [-0.2, 0) is 16.6 Å². The number of nitrogens with zero attached hydrogens (tertiary/aromatic N) is 4. The Morgan fingerprint density at radius 2 is 1.61 bits per heavy atom. The first-order chi connectivity index (χ1) is 19.6. The second kappa shape index (κ2) is 11.7. The van der Waals surface area contributed by atoms with E-state index in [1.807, 2.05) is 56.4 Å². The summed E-state index contributed by atoms with van der Waals surface area (Å²) < 4.78 is 27.9. The number of likely N-dealkylation sites (N-methyl/N-ethyl adjacent to an activating group) is 1. The van der Waals surface area contributed by atoms with Crippen LogP contribution in [0.15, 0.2) is 90.0 Å². The smallest absolute Gasteiger partial charge is 0.262 e. The first-order valence-electron chi connectivity index (χ1n) is 13.3. The molecule has 2 N–H and O–H groups in total. The van der Waals surface area contributed by atoms with Crippen molar-refractivity contribution in [2.75, 3.05) is 38.1 Å². The molecular formula is C31H32N4O5S. The molecule has 1 aromatic heterocycles. The van der Waals surface area contributed by atoms with E-state index in [4.69, 9.17) is 0 Å². The number of rotatable bonds is 7. The van der Waals surface area contributed by atoms with E-state index < -0.39 is 15.9 Å². The number of benzene rings is 3. The number of carbonyl (C=O) groups is 1. The van der Waals surface area contributed by atoms with Gasteiger partial charge < -0.3 is 20.0 Å². The number of phenolic OH excluding ortho intramolecular Hbond substituents is 2. The fourth-order valence-corrected chi connectivity index (χ4v) is 6.32. The van der Waals surface area contributed by atoms with Crippen LogP contribution in [0.2, 0.25) is 0 Å². The standard InChI is InChI=1S/C31H32N4O5S/c1-22-18-27(41(39,40)34-16-14-33(2)15-17-34)20-32-30(22)24-8-10-25(11-9-24)35(21-23-6-4-3-5-7-23)31(38)28-13-12-26(36)19-29(28)37/h3-13,18-20,36-37H,14-17,21H2,1-2H3. The molecule has 1 aliphatic rings. The lowest BCUT2D eigenvalue weighted by Crippen LogP contribution is -2.47.